The minimum absolute atomic E-state index is 0.120. The molecule has 1 aliphatic heterocycles. The van der Waals surface area contributed by atoms with Crippen LogP contribution in [0.5, 0.6) is 0 Å². The summed E-state index contributed by atoms with van der Waals surface area (Å²) in [5.41, 5.74) is -0.434. The molecule has 0 aromatic heterocycles. The first-order valence-corrected chi connectivity index (χ1v) is 8.47. The van der Waals surface area contributed by atoms with Crippen LogP contribution in [0.2, 0.25) is 0 Å². The molecule has 1 N–H and O–H groups in total. The second-order valence-corrected chi connectivity index (χ2v) is 6.86. The standard InChI is InChI=1S/C20H15F6N/c21-19(22,23)11-8-9-17-15(10-11)12-5-3-6-13(12)18(27-17)14-4-1-2-7-16(14)20(24,25)26/h1-5,7-10,12-13,18,27H,6H2/t12-,13-,18-/m1/s1. The highest BCUT2D eigenvalue weighted by Gasteiger charge is 2.43. The Morgan fingerprint density at radius 3 is 2.30 bits per heavy atom. The van der Waals surface area contributed by atoms with Gasteiger partial charge in [0.25, 0.3) is 0 Å². The summed E-state index contributed by atoms with van der Waals surface area (Å²) >= 11 is 0. The maximum Gasteiger partial charge on any atom is 0.416 e. The van der Waals surface area contributed by atoms with Crippen LogP contribution >= 0.6 is 0 Å². The fourth-order valence-electron chi connectivity index (χ4n) is 4.10. The molecule has 2 aromatic rings. The summed E-state index contributed by atoms with van der Waals surface area (Å²) in [4.78, 5) is 0. The van der Waals surface area contributed by atoms with E-state index in [1.807, 2.05) is 6.08 Å². The molecule has 0 spiro atoms. The monoisotopic (exact) mass is 383 g/mol. The van der Waals surface area contributed by atoms with Crippen LogP contribution in [0.3, 0.4) is 0 Å². The molecule has 0 amide bonds. The molecule has 0 radical (unpaired) electrons. The molecule has 4 rings (SSSR count). The van der Waals surface area contributed by atoms with Crippen molar-refractivity contribution in [3.63, 3.8) is 0 Å². The molecule has 1 aliphatic carbocycles. The minimum Gasteiger partial charge on any atom is -0.378 e. The minimum atomic E-state index is -4.50. The summed E-state index contributed by atoms with van der Waals surface area (Å²) in [6.45, 7) is 0. The van der Waals surface area contributed by atoms with Crippen molar-refractivity contribution in [2.75, 3.05) is 5.32 Å². The van der Waals surface area contributed by atoms with Gasteiger partial charge in [0.15, 0.2) is 0 Å². The molecule has 0 fully saturated rings. The summed E-state index contributed by atoms with van der Waals surface area (Å²) in [5, 5.41) is 3.07. The average Bonchev–Trinajstić information content (AvgIpc) is 3.09. The van der Waals surface area contributed by atoms with Gasteiger partial charge >= 0.3 is 12.4 Å². The van der Waals surface area contributed by atoms with E-state index in [0.29, 0.717) is 17.7 Å². The number of fused-ring (bicyclic) bond motifs is 3. The van der Waals surface area contributed by atoms with Crippen molar-refractivity contribution in [1.29, 1.82) is 0 Å². The van der Waals surface area contributed by atoms with E-state index >= 15 is 0 Å². The van der Waals surface area contributed by atoms with Gasteiger partial charge in [-0.2, -0.15) is 26.3 Å². The maximum absolute atomic E-state index is 13.5. The Bertz CT molecular complexity index is 896. The number of halogens is 6. The Balaban J connectivity index is 1.80. The molecule has 1 nitrogen and oxygen atoms in total. The predicted octanol–water partition coefficient (Wildman–Crippen LogP) is 6.55. The molecule has 0 saturated carbocycles. The molecule has 2 aromatic carbocycles. The summed E-state index contributed by atoms with van der Waals surface area (Å²) in [6, 6.07) is 8.09. The fraction of sp³-hybridized carbons (Fsp3) is 0.300. The fourth-order valence-corrected chi connectivity index (χ4v) is 4.10. The molecular formula is C20H15F6N. The van der Waals surface area contributed by atoms with Crippen molar-refractivity contribution in [2.45, 2.75) is 30.7 Å². The van der Waals surface area contributed by atoms with Gasteiger partial charge in [0.2, 0.25) is 0 Å². The summed E-state index contributed by atoms with van der Waals surface area (Å²) < 4.78 is 79.6. The zero-order chi connectivity index (χ0) is 19.4. The van der Waals surface area contributed by atoms with Crippen molar-refractivity contribution >= 4 is 5.69 Å². The van der Waals surface area contributed by atoms with E-state index in [1.165, 1.54) is 18.2 Å². The van der Waals surface area contributed by atoms with Gasteiger partial charge in [-0.25, -0.2) is 0 Å². The summed E-state index contributed by atoms with van der Waals surface area (Å²) in [6.07, 6.45) is -4.83. The lowest BCUT2D eigenvalue weighted by molar-refractivity contribution is -0.139. The van der Waals surface area contributed by atoms with Crippen LogP contribution in [0.4, 0.5) is 32.0 Å². The molecule has 3 atom stereocenters. The van der Waals surface area contributed by atoms with Crippen LogP contribution in [0.25, 0.3) is 0 Å². The van der Waals surface area contributed by atoms with E-state index < -0.39 is 29.5 Å². The Kier molecular flexibility index (Phi) is 4.01. The molecule has 2 aliphatic rings. The van der Waals surface area contributed by atoms with Crippen LogP contribution in [0.1, 0.15) is 40.6 Å². The van der Waals surface area contributed by atoms with Crippen molar-refractivity contribution in [2.24, 2.45) is 5.92 Å². The summed E-state index contributed by atoms with van der Waals surface area (Å²) in [5.74, 6) is -0.626. The lowest BCUT2D eigenvalue weighted by atomic mass is 9.75. The van der Waals surface area contributed by atoms with Gasteiger partial charge in [-0.05, 0) is 47.7 Å². The highest BCUT2D eigenvalue weighted by atomic mass is 19.4. The van der Waals surface area contributed by atoms with Crippen LogP contribution in [-0.2, 0) is 12.4 Å². The summed E-state index contributed by atoms with van der Waals surface area (Å²) in [7, 11) is 0. The smallest absolute Gasteiger partial charge is 0.378 e. The molecule has 0 unspecified atom stereocenters. The molecule has 1 heterocycles. The van der Waals surface area contributed by atoms with Crippen LogP contribution in [0, 0.1) is 5.92 Å². The van der Waals surface area contributed by atoms with Crippen LogP contribution in [-0.4, -0.2) is 0 Å². The maximum atomic E-state index is 13.5. The van der Waals surface area contributed by atoms with Gasteiger partial charge in [0.1, 0.15) is 0 Å². The SMILES string of the molecule is FC(F)(F)c1ccc2c(c1)[C@@H]1C=CC[C@H]1[C@H](c1ccccc1C(F)(F)F)N2. The second kappa shape index (κ2) is 6.04. The quantitative estimate of drug-likeness (QED) is 0.435. The van der Waals surface area contributed by atoms with Gasteiger partial charge in [0.05, 0.1) is 17.2 Å². The predicted molar refractivity (Wildman–Crippen MR) is 89.2 cm³/mol. The van der Waals surface area contributed by atoms with E-state index in [-0.39, 0.29) is 17.4 Å². The zero-order valence-corrected chi connectivity index (χ0v) is 13.9. The number of rotatable bonds is 1. The number of nitrogens with one attached hydrogen (secondary N) is 1. The molecule has 0 saturated heterocycles. The molecule has 142 valence electrons. The Morgan fingerprint density at radius 2 is 1.59 bits per heavy atom. The molecule has 0 bridgehead atoms. The van der Waals surface area contributed by atoms with Gasteiger partial charge in [-0.15, -0.1) is 0 Å². The lowest BCUT2D eigenvalue weighted by Gasteiger charge is -2.38. The van der Waals surface area contributed by atoms with E-state index in [2.05, 4.69) is 5.32 Å². The third kappa shape index (κ3) is 3.09. The largest absolute Gasteiger partial charge is 0.416 e. The number of hydrogen-bond donors (Lipinski definition) is 1. The lowest BCUT2D eigenvalue weighted by Crippen LogP contribution is -2.31. The normalized spacial score (nSPS) is 24.3. The van der Waals surface area contributed by atoms with Gasteiger partial charge < -0.3 is 5.32 Å². The first kappa shape index (κ1) is 17.9. The highest BCUT2D eigenvalue weighted by Crippen LogP contribution is 2.52. The van der Waals surface area contributed by atoms with Crippen molar-refractivity contribution in [3.05, 3.63) is 76.9 Å². The third-order valence-corrected chi connectivity index (χ3v) is 5.29. The van der Waals surface area contributed by atoms with Crippen molar-refractivity contribution < 1.29 is 26.3 Å². The Labute approximate surface area is 151 Å². The van der Waals surface area contributed by atoms with E-state index in [4.69, 9.17) is 0 Å². The third-order valence-electron chi connectivity index (χ3n) is 5.29. The van der Waals surface area contributed by atoms with Crippen LogP contribution in [0.15, 0.2) is 54.6 Å². The molecule has 27 heavy (non-hydrogen) atoms. The number of benzene rings is 2. The van der Waals surface area contributed by atoms with E-state index in [0.717, 1.165) is 18.2 Å². The first-order chi connectivity index (χ1) is 12.7. The van der Waals surface area contributed by atoms with Crippen molar-refractivity contribution in [3.8, 4) is 0 Å². The average molecular weight is 383 g/mol. The van der Waals surface area contributed by atoms with E-state index in [9.17, 15) is 26.3 Å². The number of alkyl halides is 6. The molecule has 7 heteroatoms. The Hall–Kier alpha value is -2.44. The number of anilines is 1. The van der Waals surface area contributed by atoms with Crippen molar-refractivity contribution in [1.82, 2.24) is 0 Å². The Morgan fingerprint density at radius 1 is 0.852 bits per heavy atom. The second-order valence-electron chi connectivity index (χ2n) is 6.86. The van der Waals surface area contributed by atoms with E-state index in [1.54, 1.807) is 12.1 Å². The highest BCUT2D eigenvalue weighted by molar-refractivity contribution is 5.61. The van der Waals surface area contributed by atoms with Gasteiger partial charge in [-0.3, -0.25) is 0 Å². The van der Waals surface area contributed by atoms with Gasteiger partial charge in [-0.1, -0.05) is 30.4 Å². The zero-order valence-electron chi connectivity index (χ0n) is 13.9. The topological polar surface area (TPSA) is 12.0 Å². The number of hydrogen-bond acceptors (Lipinski definition) is 1. The van der Waals surface area contributed by atoms with Gasteiger partial charge in [0, 0.05) is 11.6 Å². The number of allylic oxidation sites excluding steroid dienone is 2. The molecular weight excluding hydrogens is 368 g/mol. The van der Waals surface area contributed by atoms with Crippen LogP contribution < -0.4 is 5.32 Å². The first-order valence-electron chi connectivity index (χ1n) is 8.47.